The minimum absolute atomic E-state index is 0.00935. The van der Waals surface area contributed by atoms with Crippen LogP contribution in [0.4, 0.5) is 16.3 Å². The fourth-order valence-electron chi connectivity index (χ4n) is 3.54. The number of amides is 2. The van der Waals surface area contributed by atoms with Crippen LogP contribution in [-0.2, 0) is 0 Å². The molecule has 1 N–H and O–H groups in total. The van der Waals surface area contributed by atoms with Gasteiger partial charge in [-0.05, 0) is 43.3 Å². The molecule has 1 unspecified atom stereocenters. The summed E-state index contributed by atoms with van der Waals surface area (Å²) in [6.07, 6.45) is 1.47. The van der Waals surface area contributed by atoms with E-state index in [1.807, 2.05) is 48.2 Å². The number of anilines is 2. The summed E-state index contributed by atoms with van der Waals surface area (Å²) in [6, 6.07) is 16.1. The number of carbonyl (C=O) groups excluding carboxylic acids is 1. The summed E-state index contributed by atoms with van der Waals surface area (Å²) >= 11 is 6.17. The van der Waals surface area contributed by atoms with Gasteiger partial charge in [-0.1, -0.05) is 23.7 Å². The van der Waals surface area contributed by atoms with Crippen molar-refractivity contribution in [3.8, 4) is 17.4 Å². The largest absolute Gasteiger partial charge is 0.497 e. The average Bonchev–Trinajstić information content (AvgIpc) is 2.81. The first-order valence-corrected chi connectivity index (χ1v) is 10.6. The van der Waals surface area contributed by atoms with Gasteiger partial charge in [0.15, 0.2) is 0 Å². The van der Waals surface area contributed by atoms with Crippen LogP contribution >= 0.6 is 11.6 Å². The molecule has 8 nitrogen and oxygen atoms in total. The van der Waals surface area contributed by atoms with Crippen LogP contribution in [0.25, 0.3) is 0 Å². The van der Waals surface area contributed by atoms with Gasteiger partial charge in [0.1, 0.15) is 23.6 Å². The third-order valence-corrected chi connectivity index (χ3v) is 5.54. The van der Waals surface area contributed by atoms with Crippen molar-refractivity contribution >= 4 is 29.1 Å². The normalized spacial score (nSPS) is 15.9. The summed E-state index contributed by atoms with van der Waals surface area (Å²) in [5, 5.41) is 3.46. The number of piperazine rings is 1. The molecule has 1 saturated heterocycles. The molecule has 1 aromatic heterocycles. The van der Waals surface area contributed by atoms with Crippen LogP contribution in [0.5, 0.6) is 17.4 Å². The molecule has 1 fully saturated rings. The van der Waals surface area contributed by atoms with Gasteiger partial charge >= 0.3 is 6.03 Å². The van der Waals surface area contributed by atoms with Crippen molar-refractivity contribution in [2.75, 3.05) is 37.0 Å². The van der Waals surface area contributed by atoms with Gasteiger partial charge in [0.2, 0.25) is 5.88 Å². The van der Waals surface area contributed by atoms with Crippen molar-refractivity contribution in [3.05, 3.63) is 65.9 Å². The number of nitrogens with zero attached hydrogens (tertiary/aromatic N) is 4. The van der Waals surface area contributed by atoms with Crippen LogP contribution in [0, 0.1) is 0 Å². The standard InChI is InChI=1S/C23H24ClN5O3/c1-16-14-28(11-12-29(16)23(30)27-17-7-9-18(31-2)10-8-17)21-13-22(26-15-25-21)32-20-6-4-3-5-19(20)24/h3-10,13,15-16H,11-12,14H2,1-2H3,(H,27,30). The molecule has 3 aromatic rings. The van der Waals surface area contributed by atoms with E-state index in [4.69, 9.17) is 21.1 Å². The molecule has 1 aliphatic heterocycles. The number of rotatable bonds is 5. The smallest absolute Gasteiger partial charge is 0.322 e. The van der Waals surface area contributed by atoms with Gasteiger partial charge < -0.3 is 24.6 Å². The Hall–Kier alpha value is -3.52. The van der Waals surface area contributed by atoms with Crippen LogP contribution in [0.15, 0.2) is 60.9 Å². The number of methoxy groups -OCH3 is 1. The van der Waals surface area contributed by atoms with E-state index >= 15 is 0 Å². The zero-order chi connectivity index (χ0) is 22.5. The lowest BCUT2D eigenvalue weighted by atomic mass is 10.2. The highest BCUT2D eigenvalue weighted by Gasteiger charge is 2.28. The molecule has 2 heterocycles. The molecule has 4 rings (SSSR count). The van der Waals surface area contributed by atoms with Crippen LogP contribution in [-0.4, -0.2) is 53.7 Å². The van der Waals surface area contributed by atoms with E-state index in [1.165, 1.54) is 6.33 Å². The molecule has 166 valence electrons. The lowest BCUT2D eigenvalue weighted by Gasteiger charge is -2.40. The highest BCUT2D eigenvalue weighted by atomic mass is 35.5. The maximum Gasteiger partial charge on any atom is 0.322 e. The van der Waals surface area contributed by atoms with Crippen LogP contribution in [0.3, 0.4) is 0 Å². The van der Waals surface area contributed by atoms with Gasteiger partial charge in [-0.25, -0.2) is 14.8 Å². The Bertz CT molecular complexity index is 1080. The van der Waals surface area contributed by atoms with E-state index in [2.05, 4.69) is 20.2 Å². The first-order valence-electron chi connectivity index (χ1n) is 10.2. The fraction of sp³-hybridized carbons (Fsp3) is 0.261. The molecule has 2 aromatic carbocycles. The van der Waals surface area contributed by atoms with Gasteiger partial charge in [0, 0.05) is 37.4 Å². The van der Waals surface area contributed by atoms with Crippen molar-refractivity contribution in [1.82, 2.24) is 14.9 Å². The molecule has 0 radical (unpaired) electrons. The monoisotopic (exact) mass is 453 g/mol. The minimum Gasteiger partial charge on any atom is -0.497 e. The molecule has 0 aliphatic carbocycles. The van der Waals surface area contributed by atoms with Gasteiger partial charge in [-0.3, -0.25) is 0 Å². The zero-order valence-electron chi connectivity index (χ0n) is 17.9. The predicted molar refractivity (Wildman–Crippen MR) is 124 cm³/mol. The van der Waals surface area contributed by atoms with E-state index < -0.39 is 0 Å². The van der Waals surface area contributed by atoms with E-state index in [9.17, 15) is 4.79 Å². The van der Waals surface area contributed by atoms with Crippen LogP contribution in [0.2, 0.25) is 5.02 Å². The molecule has 32 heavy (non-hydrogen) atoms. The Labute approximate surface area is 191 Å². The molecule has 1 atom stereocenters. The van der Waals surface area contributed by atoms with Crippen molar-refractivity contribution in [2.24, 2.45) is 0 Å². The molecule has 2 amide bonds. The summed E-state index contributed by atoms with van der Waals surface area (Å²) in [5.41, 5.74) is 0.725. The van der Waals surface area contributed by atoms with Crippen molar-refractivity contribution < 1.29 is 14.3 Å². The summed E-state index contributed by atoms with van der Waals surface area (Å²) in [4.78, 5) is 25.3. The Morgan fingerprint density at radius 2 is 1.91 bits per heavy atom. The Balaban J connectivity index is 1.38. The number of hydrogen-bond donors (Lipinski definition) is 1. The number of ether oxygens (including phenoxy) is 2. The number of urea groups is 1. The highest BCUT2D eigenvalue weighted by Crippen LogP contribution is 2.29. The third-order valence-electron chi connectivity index (χ3n) is 5.23. The highest BCUT2D eigenvalue weighted by molar-refractivity contribution is 6.32. The van der Waals surface area contributed by atoms with Gasteiger partial charge in [0.05, 0.1) is 12.1 Å². The number of hydrogen-bond acceptors (Lipinski definition) is 6. The summed E-state index contributed by atoms with van der Waals surface area (Å²) in [7, 11) is 1.61. The topological polar surface area (TPSA) is 79.8 Å². The van der Waals surface area contributed by atoms with Crippen molar-refractivity contribution in [2.45, 2.75) is 13.0 Å². The van der Waals surface area contributed by atoms with Crippen LogP contribution < -0.4 is 19.7 Å². The maximum absolute atomic E-state index is 12.8. The second kappa shape index (κ2) is 9.74. The lowest BCUT2D eigenvalue weighted by Crippen LogP contribution is -2.55. The van der Waals surface area contributed by atoms with E-state index in [-0.39, 0.29) is 12.1 Å². The zero-order valence-corrected chi connectivity index (χ0v) is 18.6. The molecule has 0 bridgehead atoms. The summed E-state index contributed by atoms with van der Waals surface area (Å²) in [5.74, 6) is 2.43. The number of nitrogens with one attached hydrogen (secondary N) is 1. The number of para-hydroxylation sites is 1. The third kappa shape index (κ3) is 5.03. The first-order chi connectivity index (χ1) is 15.5. The quantitative estimate of drug-likeness (QED) is 0.604. The molecule has 9 heteroatoms. The molecular weight excluding hydrogens is 430 g/mol. The molecule has 1 aliphatic rings. The second-order valence-corrected chi connectivity index (χ2v) is 7.80. The lowest BCUT2D eigenvalue weighted by molar-refractivity contribution is 0.184. The number of halogens is 1. The van der Waals surface area contributed by atoms with E-state index in [0.717, 1.165) is 17.3 Å². The number of carbonyl (C=O) groups is 1. The Morgan fingerprint density at radius 3 is 2.62 bits per heavy atom. The summed E-state index contributed by atoms with van der Waals surface area (Å²) in [6.45, 7) is 3.86. The van der Waals surface area contributed by atoms with Gasteiger partial charge in [0.25, 0.3) is 0 Å². The second-order valence-electron chi connectivity index (χ2n) is 7.39. The maximum atomic E-state index is 12.8. The van der Waals surface area contributed by atoms with E-state index in [1.54, 1.807) is 25.3 Å². The Kier molecular flexibility index (Phi) is 6.61. The molecule has 0 saturated carbocycles. The van der Waals surface area contributed by atoms with Crippen LogP contribution in [0.1, 0.15) is 6.92 Å². The number of aromatic nitrogens is 2. The van der Waals surface area contributed by atoms with Gasteiger partial charge in [-0.15, -0.1) is 0 Å². The predicted octanol–water partition coefficient (Wildman–Crippen LogP) is 4.67. The van der Waals surface area contributed by atoms with E-state index in [0.29, 0.717) is 36.3 Å². The first kappa shape index (κ1) is 21.7. The van der Waals surface area contributed by atoms with Crippen molar-refractivity contribution in [1.29, 1.82) is 0 Å². The average molecular weight is 454 g/mol. The summed E-state index contributed by atoms with van der Waals surface area (Å²) < 4.78 is 11.0. The van der Waals surface area contributed by atoms with Crippen molar-refractivity contribution in [3.63, 3.8) is 0 Å². The molecular formula is C23H24ClN5O3. The van der Waals surface area contributed by atoms with Gasteiger partial charge in [-0.2, -0.15) is 0 Å². The fourth-order valence-corrected chi connectivity index (χ4v) is 3.71. The number of benzene rings is 2. The minimum atomic E-state index is -0.132. The molecule has 0 spiro atoms. The Morgan fingerprint density at radius 1 is 1.12 bits per heavy atom. The SMILES string of the molecule is COc1ccc(NC(=O)N2CCN(c3cc(Oc4ccccc4Cl)ncn3)CC2C)cc1.